The minimum absolute atomic E-state index is 0. The van der Waals surface area contributed by atoms with Crippen LogP contribution in [0.3, 0.4) is 0 Å². The Hall–Kier alpha value is -10.8. The summed E-state index contributed by atoms with van der Waals surface area (Å²) in [6, 6.07) is 121. The molecule has 0 saturated carbocycles. The van der Waals surface area contributed by atoms with Crippen molar-refractivity contribution in [2.24, 2.45) is 0 Å². The second-order valence-corrected chi connectivity index (χ2v) is 39.0. The van der Waals surface area contributed by atoms with E-state index in [9.17, 15) is 0 Å². The fourth-order valence-electron chi connectivity index (χ4n) is 13.8. The summed E-state index contributed by atoms with van der Waals surface area (Å²) in [6.45, 7) is 18.3. The first-order chi connectivity index (χ1) is 50.6. The van der Waals surface area contributed by atoms with E-state index in [-0.39, 0.29) is 40.2 Å². The molecule has 520 valence electrons. The number of aryl methyl sites for hydroxylation is 2. The SMILES string of the molecule is C[Si](C)(C)c1ccc(-c2[c-]cc3c4ccc(-c5ccc6ccccc6c5)cc4c4ccccc4c3c2)nc1.C[Si](C)(C)c1ccc(-c2[c-]cc3c4ccc(-c5cccc(-c6ccccc6)c5)cc4c4ccccc4c3c2)nc1.Cc1ccnc(-c2[c-]cccc2)c1.Cc1ccnc(-c2[c-]cccc2)c1.[Ir].[Ir]. The van der Waals surface area contributed by atoms with Gasteiger partial charge < -0.3 is 19.9 Å². The first kappa shape index (κ1) is 73.5. The first-order valence-electron chi connectivity index (χ1n) is 35.6. The molecule has 18 aromatic rings. The van der Waals surface area contributed by atoms with Gasteiger partial charge in [0.1, 0.15) is 0 Å². The maximum Gasteiger partial charge on any atom is 0.0795 e. The zero-order valence-electron chi connectivity index (χ0n) is 60.6. The number of aromatic nitrogens is 4. The Balaban J connectivity index is 0.000000139. The second-order valence-electron chi connectivity index (χ2n) is 28.8. The molecule has 0 spiro atoms. The molecule has 0 bridgehead atoms. The Bertz CT molecular complexity index is 6020. The Morgan fingerprint density at radius 3 is 1.07 bits per heavy atom. The first-order valence-corrected chi connectivity index (χ1v) is 42.6. The molecular formula is C98H78Ir2N4Si2-4. The smallest absolute Gasteiger partial charge is 0.0795 e. The van der Waals surface area contributed by atoms with Crippen molar-refractivity contribution in [3.8, 4) is 78.4 Å². The van der Waals surface area contributed by atoms with E-state index in [1.807, 2.05) is 73.1 Å². The summed E-state index contributed by atoms with van der Waals surface area (Å²) in [6.07, 6.45) is 7.77. The molecule has 0 saturated heterocycles. The molecule has 4 aromatic heterocycles. The fraction of sp³-hybridized carbons (Fsp3) is 0.0816. The minimum Gasteiger partial charge on any atom is -0.305 e. The van der Waals surface area contributed by atoms with E-state index >= 15 is 0 Å². The summed E-state index contributed by atoms with van der Waals surface area (Å²) in [5.41, 5.74) is 17.9. The Morgan fingerprint density at radius 1 is 0.245 bits per heavy atom. The van der Waals surface area contributed by atoms with Gasteiger partial charge in [-0.1, -0.05) is 277 Å². The van der Waals surface area contributed by atoms with Gasteiger partial charge in [-0.2, -0.15) is 0 Å². The molecule has 18 rings (SSSR count). The van der Waals surface area contributed by atoms with Gasteiger partial charge in [-0.05, 0) is 160 Å². The Labute approximate surface area is 651 Å². The largest absolute Gasteiger partial charge is 0.305 e. The number of hydrogen-bond acceptors (Lipinski definition) is 4. The van der Waals surface area contributed by atoms with Gasteiger partial charge in [0.05, 0.1) is 16.1 Å². The van der Waals surface area contributed by atoms with Crippen molar-refractivity contribution in [2.75, 3.05) is 0 Å². The molecule has 0 unspecified atom stereocenters. The summed E-state index contributed by atoms with van der Waals surface area (Å²) >= 11 is 0. The molecule has 0 aliphatic carbocycles. The van der Waals surface area contributed by atoms with E-state index in [0.29, 0.717) is 0 Å². The van der Waals surface area contributed by atoms with Crippen molar-refractivity contribution in [1.82, 2.24) is 19.9 Å². The molecule has 0 fully saturated rings. The topological polar surface area (TPSA) is 51.6 Å². The summed E-state index contributed by atoms with van der Waals surface area (Å²) in [7, 11) is -2.77. The summed E-state index contributed by atoms with van der Waals surface area (Å²) in [5.74, 6) is 0. The number of hydrogen-bond donors (Lipinski definition) is 0. The predicted octanol–water partition coefficient (Wildman–Crippen LogP) is 25.0. The molecule has 0 N–H and O–H groups in total. The summed E-state index contributed by atoms with van der Waals surface area (Å²) < 4.78 is 0. The zero-order chi connectivity index (χ0) is 71.3. The van der Waals surface area contributed by atoms with Crippen molar-refractivity contribution in [2.45, 2.75) is 53.1 Å². The summed E-state index contributed by atoms with van der Waals surface area (Å²) in [4.78, 5) is 18.2. The molecule has 4 heterocycles. The van der Waals surface area contributed by atoms with Crippen LogP contribution in [0.2, 0.25) is 39.3 Å². The van der Waals surface area contributed by atoms with Crippen molar-refractivity contribution in [3.63, 3.8) is 0 Å². The molecule has 0 aliphatic rings. The molecule has 14 aromatic carbocycles. The van der Waals surface area contributed by atoms with E-state index in [0.717, 1.165) is 45.0 Å². The van der Waals surface area contributed by atoms with Crippen LogP contribution in [-0.2, 0) is 40.2 Å². The second kappa shape index (κ2) is 32.3. The molecule has 0 aliphatic heterocycles. The quantitative estimate of drug-likeness (QED) is 0.0821. The van der Waals surface area contributed by atoms with Gasteiger partial charge in [-0.15, -0.1) is 119 Å². The van der Waals surface area contributed by atoms with Crippen LogP contribution < -0.4 is 10.4 Å². The van der Waals surface area contributed by atoms with Gasteiger partial charge in [0.15, 0.2) is 0 Å². The molecule has 106 heavy (non-hydrogen) atoms. The number of rotatable bonds is 9. The van der Waals surface area contributed by atoms with Gasteiger partial charge >= 0.3 is 0 Å². The van der Waals surface area contributed by atoms with E-state index < -0.39 is 16.1 Å². The minimum atomic E-state index is -1.39. The van der Waals surface area contributed by atoms with Crippen LogP contribution in [0, 0.1) is 38.1 Å². The van der Waals surface area contributed by atoms with Crippen LogP contribution in [-0.4, -0.2) is 36.1 Å². The van der Waals surface area contributed by atoms with Gasteiger partial charge in [0.25, 0.3) is 0 Å². The average molecular weight is 1750 g/mol. The van der Waals surface area contributed by atoms with E-state index in [2.05, 4.69) is 342 Å². The monoisotopic (exact) mass is 1750 g/mol. The van der Waals surface area contributed by atoms with Crippen LogP contribution in [0.25, 0.3) is 154 Å². The van der Waals surface area contributed by atoms with Crippen LogP contribution in [0.15, 0.2) is 328 Å². The van der Waals surface area contributed by atoms with Gasteiger partial charge in [0, 0.05) is 65.0 Å². The number of pyridine rings is 4. The average Bonchev–Trinajstić information content (AvgIpc) is 0.743. The van der Waals surface area contributed by atoms with Crippen molar-refractivity contribution < 1.29 is 40.2 Å². The maximum atomic E-state index is 4.84. The molecule has 2 radical (unpaired) electrons. The number of benzene rings is 14. The molecular weight excluding hydrogens is 1670 g/mol. The number of nitrogens with zero attached hydrogens (tertiary/aromatic N) is 4. The van der Waals surface area contributed by atoms with Crippen LogP contribution in [0.1, 0.15) is 11.1 Å². The zero-order valence-corrected chi connectivity index (χ0v) is 67.4. The molecule has 4 nitrogen and oxygen atoms in total. The molecule has 8 heteroatoms. The third-order valence-corrected chi connectivity index (χ3v) is 23.6. The van der Waals surface area contributed by atoms with Crippen LogP contribution in [0.5, 0.6) is 0 Å². The van der Waals surface area contributed by atoms with E-state index in [4.69, 9.17) is 9.97 Å². The molecule has 0 amide bonds. The van der Waals surface area contributed by atoms with Crippen LogP contribution in [0.4, 0.5) is 0 Å². The van der Waals surface area contributed by atoms with E-state index in [1.165, 1.54) is 130 Å². The third kappa shape index (κ3) is 16.2. The van der Waals surface area contributed by atoms with Gasteiger partial charge in [-0.25, -0.2) is 0 Å². The summed E-state index contributed by atoms with van der Waals surface area (Å²) in [5, 5.41) is 20.3. The Morgan fingerprint density at radius 2 is 0.632 bits per heavy atom. The van der Waals surface area contributed by atoms with Crippen LogP contribution >= 0.6 is 0 Å². The fourth-order valence-corrected chi connectivity index (χ4v) is 15.9. The van der Waals surface area contributed by atoms with Crippen molar-refractivity contribution in [1.29, 1.82) is 0 Å². The maximum absolute atomic E-state index is 4.84. The molecule has 0 atom stereocenters. The van der Waals surface area contributed by atoms with Gasteiger partial charge in [0.2, 0.25) is 0 Å². The normalized spacial score (nSPS) is 11.2. The Kier molecular flexibility index (Phi) is 22.4. The number of fused-ring (bicyclic) bond motifs is 13. The van der Waals surface area contributed by atoms with Crippen molar-refractivity contribution in [3.05, 3.63) is 363 Å². The van der Waals surface area contributed by atoms with Crippen molar-refractivity contribution >= 4 is 102 Å². The standard InChI is InChI=1S/C38H30NSi.C36H28NSi.2C12H10N.2Ir/c1-40(2,3)31-18-21-38(39-25-31)30-17-20-35-34-19-16-29(23-36(34)32-14-7-8-15-33(32)37(35)24-30)28-13-9-12-27(22-28)26-10-5-4-6-11-26;1-38(2,3)29-16-19-36(37-23-29)28-15-18-33-32-17-14-27(26-13-12-24-8-4-5-9-25(24)20-26)21-34(32)30-10-6-7-11-31(30)35(33)22-28;2*1-10-7-8-13-12(9-10)11-5-3-2-4-6-11;;/h4-16,18-25H,1-3H3;4-14,16-23H,1-3H3;2*2-5,7-9H,1H3;;/q4*-1;;. The predicted molar refractivity (Wildman–Crippen MR) is 448 cm³/mol. The van der Waals surface area contributed by atoms with Gasteiger partial charge in [-0.3, -0.25) is 0 Å². The van der Waals surface area contributed by atoms with E-state index in [1.54, 1.807) is 0 Å². The third-order valence-electron chi connectivity index (χ3n) is 19.5.